The van der Waals surface area contributed by atoms with Gasteiger partial charge in [0, 0.05) is 11.3 Å². The molecule has 0 saturated carbocycles. The van der Waals surface area contributed by atoms with Gasteiger partial charge < -0.3 is 9.47 Å². The summed E-state index contributed by atoms with van der Waals surface area (Å²) in [7, 11) is 1.65. The van der Waals surface area contributed by atoms with Gasteiger partial charge in [0.15, 0.2) is 0 Å². The first kappa shape index (κ1) is 14.7. The van der Waals surface area contributed by atoms with Crippen molar-refractivity contribution in [1.29, 1.82) is 0 Å². The second kappa shape index (κ2) is 6.66. The smallest absolute Gasteiger partial charge is 0.119 e. The first-order valence-electron chi connectivity index (χ1n) is 6.51. The van der Waals surface area contributed by atoms with E-state index in [0.29, 0.717) is 19.0 Å². The quantitative estimate of drug-likeness (QED) is 0.767. The Bertz CT molecular complexity index is 564. The summed E-state index contributed by atoms with van der Waals surface area (Å²) in [6, 6.07) is 7.54. The molecule has 108 valence electrons. The van der Waals surface area contributed by atoms with Gasteiger partial charge >= 0.3 is 0 Å². The number of rotatable bonds is 6. The Morgan fingerprint density at radius 3 is 2.35 bits per heavy atom. The van der Waals surface area contributed by atoms with Gasteiger partial charge in [0.2, 0.25) is 0 Å². The minimum absolute atomic E-state index is 0.497. The first-order valence-corrected chi connectivity index (χ1v) is 7.05. The van der Waals surface area contributed by atoms with Gasteiger partial charge in [-0.05, 0) is 38.1 Å². The molecule has 0 saturated heterocycles. The number of hydrogen-bond donors (Lipinski definition) is 0. The first-order chi connectivity index (χ1) is 9.65. The Morgan fingerprint density at radius 1 is 1.15 bits per heavy atom. The van der Waals surface area contributed by atoms with E-state index >= 15 is 0 Å². The lowest BCUT2D eigenvalue weighted by atomic mass is 10.2. The third-order valence-corrected chi connectivity index (χ3v) is 3.56. The van der Waals surface area contributed by atoms with Crippen LogP contribution in [-0.2, 0) is 12.4 Å². The van der Waals surface area contributed by atoms with E-state index in [4.69, 9.17) is 21.1 Å². The van der Waals surface area contributed by atoms with Crippen molar-refractivity contribution in [2.75, 3.05) is 13.7 Å². The fourth-order valence-electron chi connectivity index (χ4n) is 2.07. The molecule has 20 heavy (non-hydrogen) atoms. The number of halogens is 1. The Kier molecular flexibility index (Phi) is 4.90. The van der Waals surface area contributed by atoms with Gasteiger partial charge in [-0.1, -0.05) is 0 Å². The molecule has 2 rings (SSSR count). The summed E-state index contributed by atoms with van der Waals surface area (Å²) in [6.07, 6.45) is 0. The van der Waals surface area contributed by atoms with E-state index in [1.165, 1.54) is 0 Å². The van der Waals surface area contributed by atoms with Crippen molar-refractivity contribution in [3.63, 3.8) is 0 Å². The molecule has 0 spiro atoms. The lowest BCUT2D eigenvalue weighted by Gasteiger charge is -2.08. The molecule has 0 aliphatic carbocycles. The average Bonchev–Trinajstić information content (AvgIpc) is 2.74. The van der Waals surface area contributed by atoms with Gasteiger partial charge in [0.25, 0.3) is 0 Å². The fourth-order valence-corrected chi connectivity index (χ4v) is 2.45. The molecular weight excluding hydrogens is 276 g/mol. The number of nitrogens with zero attached hydrogens (tertiary/aromatic N) is 2. The molecule has 0 aliphatic heterocycles. The average molecular weight is 295 g/mol. The van der Waals surface area contributed by atoms with Crippen molar-refractivity contribution in [2.45, 2.75) is 26.3 Å². The summed E-state index contributed by atoms with van der Waals surface area (Å²) in [5, 5.41) is 4.47. The maximum Gasteiger partial charge on any atom is 0.119 e. The van der Waals surface area contributed by atoms with E-state index in [1.807, 2.05) is 42.8 Å². The maximum atomic E-state index is 5.91. The summed E-state index contributed by atoms with van der Waals surface area (Å²) in [4.78, 5) is 0. The lowest BCUT2D eigenvalue weighted by Crippen LogP contribution is -2.11. The van der Waals surface area contributed by atoms with Crippen LogP contribution in [0.3, 0.4) is 0 Å². The predicted octanol–water partition coefficient (Wildman–Crippen LogP) is 3.33. The number of benzene rings is 1. The van der Waals surface area contributed by atoms with Crippen LogP contribution in [-0.4, -0.2) is 23.5 Å². The van der Waals surface area contributed by atoms with Crippen LogP contribution in [0, 0.1) is 13.8 Å². The van der Waals surface area contributed by atoms with Crippen LogP contribution in [0.1, 0.15) is 17.0 Å². The minimum Gasteiger partial charge on any atom is -0.497 e. The van der Waals surface area contributed by atoms with Crippen molar-refractivity contribution >= 4 is 11.6 Å². The molecule has 0 aliphatic rings. The zero-order chi connectivity index (χ0) is 14.5. The summed E-state index contributed by atoms with van der Waals surface area (Å²) in [5.74, 6) is 2.14. The monoisotopic (exact) mass is 294 g/mol. The highest BCUT2D eigenvalue weighted by molar-refractivity contribution is 6.17. The zero-order valence-electron chi connectivity index (χ0n) is 12.0. The Hall–Kier alpha value is -1.68. The molecule has 0 fully saturated rings. The van der Waals surface area contributed by atoms with Crippen LogP contribution in [0.15, 0.2) is 24.3 Å². The number of aryl methyl sites for hydroxylation is 1. The Balaban J connectivity index is 1.92. The van der Waals surface area contributed by atoms with Gasteiger partial charge in [0.05, 0.1) is 25.2 Å². The predicted molar refractivity (Wildman–Crippen MR) is 79.7 cm³/mol. The fraction of sp³-hybridized carbons (Fsp3) is 0.400. The Morgan fingerprint density at radius 2 is 1.80 bits per heavy atom. The summed E-state index contributed by atoms with van der Waals surface area (Å²) in [5.41, 5.74) is 3.20. The van der Waals surface area contributed by atoms with Crippen LogP contribution >= 0.6 is 11.6 Å². The Labute approximate surface area is 124 Å². The lowest BCUT2D eigenvalue weighted by molar-refractivity contribution is 0.289. The highest BCUT2D eigenvalue weighted by Crippen LogP contribution is 2.18. The summed E-state index contributed by atoms with van der Waals surface area (Å²) < 4.78 is 12.7. The highest BCUT2D eigenvalue weighted by Gasteiger charge is 2.09. The number of alkyl halides is 1. The number of hydrogen-bond acceptors (Lipinski definition) is 3. The van der Waals surface area contributed by atoms with E-state index in [2.05, 4.69) is 5.10 Å². The van der Waals surface area contributed by atoms with Crippen molar-refractivity contribution in [3.8, 4) is 11.5 Å². The van der Waals surface area contributed by atoms with Gasteiger partial charge in [-0.2, -0.15) is 5.10 Å². The van der Waals surface area contributed by atoms with E-state index < -0.39 is 0 Å². The standard InChI is InChI=1S/C15H19ClN2O2/c1-11-15(10-16)12(2)18(17-11)8-9-20-14-6-4-13(19-3)5-7-14/h4-7H,8-10H2,1-3H3. The van der Waals surface area contributed by atoms with E-state index in [9.17, 15) is 0 Å². The molecule has 0 N–H and O–H groups in total. The SMILES string of the molecule is COc1ccc(OCCn2nc(C)c(CCl)c2C)cc1. The van der Waals surface area contributed by atoms with E-state index in [1.54, 1.807) is 7.11 Å². The molecule has 1 aromatic heterocycles. The van der Waals surface area contributed by atoms with Gasteiger partial charge in [-0.25, -0.2) is 0 Å². The zero-order valence-corrected chi connectivity index (χ0v) is 12.8. The molecule has 5 heteroatoms. The topological polar surface area (TPSA) is 36.3 Å². The van der Waals surface area contributed by atoms with E-state index in [-0.39, 0.29) is 0 Å². The van der Waals surface area contributed by atoms with Crippen molar-refractivity contribution < 1.29 is 9.47 Å². The third kappa shape index (κ3) is 3.25. The highest BCUT2D eigenvalue weighted by atomic mass is 35.5. The van der Waals surface area contributed by atoms with Crippen LogP contribution in [0.2, 0.25) is 0 Å². The van der Waals surface area contributed by atoms with Crippen LogP contribution in [0.25, 0.3) is 0 Å². The van der Waals surface area contributed by atoms with Gasteiger partial charge in [-0.3, -0.25) is 4.68 Å². The van der Waals surface area contributed by atoms with Crippen molar-refractivity contribution in [3.05, 3.63) is 41.2 Å². The molecule has 2 aromatic rings. The normalized spacial score (nSPS) is 10.6. The molecule has 0 amide bonds. The second-order valence-electron chi connectivity index (χ2n) is 4.53. The number of ether oxygens (including phenoxy) is 2. The third-order valence-electron chi connectivity index (χ3n) is 3.30. The van der Waals surface area contributed by atoms with Gasteiger partial charge in [0.1, 0.15) is 18.1 Å². The second-order valence-corrected chi connectivity index (χ2v) is 4.80. The maximum absolute atomic E-state index is 5.91. The molecule has 4 nitrogen and oxygen atoms in total. The van der Waals surface area contributed by atoms with Crippen molar-refractivity contribution in [2.24, 2.45) is 0 Å². The minimum atomic E-state index is 0.497. The summed E-state index contributed by atoms with van der Waals surface area (Å²) in [6.45, 7) is 5.28. The van der Waals surface area contributed by atoms with Crippen LogP contribution in [0.4, 0.5) is 0 Å². The molecule has 0 unspecified atom stereocenters. The molecule has 1 aromatic carbocycles. The van der Waals surface area contributed by atoms with Gasteiger partial charge in [-0.15, -0.1) is 11.6 Å². The van der Waals surface area contributed by atoms with Crippen LogP contribution in [0.5, 0.6) is 11.5 Å². The summed E-state index contributed by atoms with van der Waals surface area (Å²) >= 11 is 5.91. The largest absolute Gasteiger partial charge is 0.497 e. The van der Waals surface area contributed by atoms with Crippen molar-refractivity contribution in [1.82, 2.24) is 9.78 Å². The molecule has 0 atom stereocenters. The molecular formula is C15H19ClN2O2. The number of aromatic nitrogens is 2. The molecule has 0 radical (unpaired) electrons. The number of methoxy groups -OCH3 is 1. The van der Waals surface area contributed by atoms with Crippen LogP contribution < -0.4 is 9.47 Å². The van der Waals surface area contributed by atoms with E-state index in [0.717, 1.165) is 28.5 Å². The molecule has 0 bridgehead atoms. The molecule has 1 heterocycles.